The predicted octanol–water partition coefficient (Wildman–Crippen LogP) is 3.26. The molecule has 3 N–H and O–H groups in total. The highest BCUT2D eigenvalue weighted by molar-refractivity contribution is 5.61. The fraction of sp³-hybridized carbons (Fsp3) is 0.294. The Morgan fingerprint density at radius 3 is 2.52 bits per heavy atom. The first-order valence-corrected chi connectivity index (χ1v) is 7.06. The molecule has 4 nitrogen and oxygen atoms in total. The lowest BCUT2D eigenvalue weighted by Crippen LogP contribution is -2.10. The van der Waals surface area contributed by atoms with Gasteiger partial charge in [0.2, 0.25) is 0 Å². The summed E-state index contributed by atoms with van der Waals surface area (Å²) in [7, 11) is 3.31. The average Bonchev–Trinajstić information content (AvgIpc) is 2.84. The maximum absolute atomic E-state index is 6.22. The van der Waals surface area contributed by atoms with E-state index in [2.05, 4.69) is 23.5 Å². The van der Waals surface area contributed by atoms with Gasteiger partial charge in [-0.2, -0.15) is 0 Å². The van der Waals surface area contributed by atoms with Crippen molar-refractivity contribution in [3.05, 3.63) is 53.6 Å². The minimum Gasteiger partial charge on any atom is -0.497 e. The highest BCUT2D eigenvalue weighted by atomic mass is 16.5. The van der Waals surface area contributed by atoms with Crippen molar-refractivity contribution in [1.82, 2.24) is 0 Å². The van der Waals surface area contributed by atoms with Crippen LogP contribution in [0.2, 0.25) is 0 Å². The minimum atomic E-state index is 0.0861. The molecule has 2 aromatic rings. The van der Waals surface area contributed by atoms with Gasteiger partial charge in [0.05, 0.1) is 25.9 Å². The van der Waals surface area contributed by atoms with E-state index in [-0.39, 0.29) is 12.1 Å². The summed E-state index contributed by atoms with van der Waals surface area (Å²) in [6.07, 6.45) is 0.883. The molecular weight excluding hydrogens is 264 g/mol. The van der Waals surface area contributed by atoms with Gasteiger partial charge in [-0.15, -0.1) is 0 Å². The fourth-order valence-corrected chi connectivity index (χ4v) is 2.92. The van der Waals surface area contributed by atoms with Crippen molar-refractivity contribution in [3.8, 4) is 11.5 Å². The van der Waals surface area contributed by atoms with Crippen molar-refractivity contribution in [3.63, 3.8) is 0 Å². The molecule has 0 fully saturated rings. The molecule has 1 aliphatic rings. The number of rotatable bonds is 4. The molecular formula is C17H20N2O2. The van der Waals surface area contributed by atoms with E-state index in [0.717, 1.165) is 23.6 Å². The second-order valence-corrected chi connectivity index (χ2v) is 5.23. The van der Waals surface area contributed by atoms with Gasteiger partial charge in [-0.1, -0.05) is 24.3 Å². The summed E-state index contributed by atoms with van der Waals surface area (Å²) in [5, 5.41) is 3.54. The molecule has 0 saturated carbocycles. The SMILES string of the molecule is COc1ccc(NC2CC(N)c3ccccc32)c(OC)c1. The topological polar surface area (TPSA) is 56.5 Å². The maximum atomic E-state index is 6.22. The molecule has 0 spiro atoms. The van der Waals surface area contributed by atoms with E-state index < -0.39 is 0 Å². The minimum absolute atomic E-state index is 0.0861. The summed E-state index contributed by atoms with van der Waals surface area (Å²) in [6.45, 7) is 0. The highest BCUT2D eigenvalue weighted by Crippen LogP contribution is 2.41. The number of benzene rings is 2. The van der Waals surface area contributed by atoms with E-state index in [0.29, 0.717) is 0 Å². The predicted molar refractivity (Wildman–Crippen MR) is 83.9 cm³/mol. The summed E-state index contributed by atoms with van der Waals surface area (Å²) < 4.78 is 10.7. The summed E-state index contributed by atoms with van der Waals surface area (Å²) in [6, 6.07) is 14.4. The van der Waals surface area contributed by atoms with Crippen molar-refractivity contribution in [1.29, 1.82) is 0 Å². The molecule has 0 aromatic heterocycles. The summed E-state index contributed by atoms with van der Waals surface area (Å²) in [4.78, 5) is 0. The molecule has 0 saturated heterocycles. The van der Waals surface area contributed by atoms with Crippen LogP contribution in [0, 0.1) is 0 Å². The number of ether oxygens (including phenoxy) is 2. The van der Waals surface area contributed by atoms with Gasteiger partial charge in [0, 0.05) is 12.1 Å². The lowest BCUT2D eigenvalue weighted by atomic mass is 10.1. The Bertz CT molecular complexity index is 642. The monoisotopic (exact) mass is 284 g/mol. The Hall–Kier alpha value is -2.20. The number of fused-ring (bicyclic) bond motifs is 1. The van der Waals surface area contributed by atoms with Crippen LogP contribution in [-0.4, -0.2) is 14.2 Å². The van der Waals surface area contributed by atoms with Crippen LogP contribution in [0.4, 0.5) is 5.69 Å². The van der Waals surface area contributed by atoms with Crippen molar-refractivity contribution in [2.45, 2.75) is 18.5 Å². The molecule has 0 aliphatic heterocycles. The number of nitrogens with two attached hydrogens (primary N) is 1. The first kappa shape index (κ1) is 13.8. The van der Waals surface area contributed by atoms with E-state index in [4.69, 9.17) is 15.2 Å². The zero-order chi connectivity index (χ0) is 14.8. The van der Waals surface area contributed by atoms with Crippen LogP contribution in [0.3, 0.4) is 0 Å². The molecule has 4 heteroatoms. The summed E-state index contributed by atoms with van der Waals surface area (Å²) in [5.74, 6) is 1.55. The van der Waals surface area contributed by atoms with Crippen molar-refractivity contribution in [2.24, 2.45) is 5.73 Å². The van der Waals surface area contributed by atoms with Gasteiger partial charge < -0.3 is 20.5 Å². The molecule has 21 heavy (non-hydrogen) atoms. The quantitative estimate of drug-likeness (QED) is 0.905. The number of nitrogens with one attached hydrogen (secondary N) is 1. The van der Waals surface area contributed by atoms with Gasteiger partial charge in [0.25, 0.3) is 0 Å². The van der Waals surface area contributed by atoms with Crippen LogP contribution in [0.5, 0.6) is 11.5 Å². The maximum Gasteiger partial charge on any atom is 0.145 e. The van der Waals surface area contributed by atoms with E-state index in [1.807, 2.05) is 24.3 Å². The van der Waals surface area contributed by atoms with Crippen molar-refractivity contribution < 1.29 is 9.47 Å². The molecule has 1 aliphatic carbocycles. The molecule has 3 rings (SSSR count). The average molecular weight is 284 g/mol. The van der Waals surface area contributed by atoms with Crippen LogP contribution in [0.15, 0.2) is 42.5 Å². The van der Waals surface area contributed by atoms with Crippen LogP contribution in [-0.2, 0) is 0 Å². The fourth-order valence-electron chi connectivity index (χ4n) is 2.92. The van der Waals surface area contributed by atoms with Crippen LogP contribution >= 0.6 is 0 Å². The molecule has 0 amide bonds. The van der Waals surface area contributed by atoms with E-state index >= 15 is 0 Å². The largest absolute Gasteiger partial charge is 0.497 e. The Kier molecular flexibility index (Phi) is 3.71. The second-order valence-electron chi connectivity index (χ2n) is 5.23. The third kappa shape index (κ3) is 2.54. The van der Waals surface area contributed by atoms with Crippen molar-refractivity contribution in [2.75, 3.05) is 19.5 Å². The Morgan fingerprint density at radius 2 is 1.81 bits per heavy atom. The van der Waals surface area contributed by atoms with Gasteiger partial charge in [-0.25, -0.2) is 0 Å². The number of anilines is 1. The van der Waals surface area contributed by atoms with Crippen LogP contribution in [0.1, 0.15) is 29.6 Å². The first-order valence-electron chi connectivity index (χ1n) is 7.06. The van der Waals surface area contributed by atoms with Gasteiger partial charge in [-0.05, 0) is 29.7 Å². The standard InChI is InChI=1S/C17H20N2O2/c1-20-11-7-8-15(17(9-11)21-2)19-16-10-14(18)12-5-3-4-6-13(12)16/h3-9,14,16,19H,10,18H2,1-2H3. The van der Waals surface area contributed by atoms with Crippen LogP contribution in [0.25, 0.3) is 0 Å². The van der Waals surface area contributed by atoms with Crippen molar-refractivity contribution >= 4 is 5.69 Å². The molecule has 110 valence electrons. The number of hydrogen-bond acceptors (Lipinski definition) is 4. The third-order valence-corrected chi connectivity index (χ3v) is 4.00. The molecule has 0 radical (unpaired) electrons. The second kappa shape index (κ2) is 5.66. The zero-order valence-corrected chi connectivity index (χ0v) is 12.3. The van der Waals surface area contributed by atoms with E-state index in [9.17, 15) is 0 Å². The van der Waals surface area contributed by atoms with Gasteiger partial charge in [0.1, 0.15) is 11.5 Å². The third-order valence-electron chi connectivity index (χ3n) is 4.00. The van der Waals surface area contributed by atoms with E-state index in [1.165, 1.54) is 11.1 Å². The molecule has 0 bridgehead atoms. The van der Waals surface area contributed by atoms with E-state index in [1.54, 1.807) is 14.2 Å². The lowest BCUT2D eigenvalue weighted by molar-refractivity contribution is 0.395. The Balaban J connectivity index is 1.88. The lowest BCUT2D eigenvalue weighted by Gasteiger charge is -2.18. The molecule has 2 unspecified atom stereocenters. The Morgan fingerprint density at radius 1 is 1.05 bits per heavy atom. The van der Waals surface area contributed by atoms with Crippen LogP contribution < -0.4 is 20.5 Å². The molecule has 0 heterocycles. The first-order chi connectivity index (χ1) is 10.2. The van der Waals surface area contributed by atoms with Gasteiger partial charge >= 0.3 is 0 Å². The zero-order valence-electron chi connectivity index (χ0n) is 12.3. The smallest absolute Gasteiger partial charge is 0.145 e. The Labute approximate surface area is 124 Å². The van der Waals surface area contributed by atoms with Gasteiger partial charge in [0.15, 0.2) is 0 Å². The highest BCUT2D eigenvalue weighted by Gasteiger charge is 2.28. The summed E-state index contributed by atoms with van der Waals surface area (Å²) in [5.41, 5.74) is 9.66. The molecule has 2 atom stereocenters. The normalized spacial score (nSPS) is 20.0. The number of methoxy groups -OCH3 is 2. The number of hydrogen-bond donors (Lipinski definition) is 2. The molecule has 2 aromatic carbocycles. The summed E-state index contributed by atoms with van der Waals surface area (Å²) >= 11 is 0. The van der Waals surface area contributed by atoms with Gasteiger partial charge in [-0.3, -0.25) is 0 Å².